The molecule has 0 radical (unpaired) electrons. The maximum absolute atomic E-state index is 13.4. The first-order valence-corrected chi connectivity index (χ1v) is 6.94. The quantitative estimate of drug-likeness (QED) is 0.879. The first kappa shape index (κ1) is 13.1. The van der Waals surface area contributed by atoms with E-state index in [0.717, 1.165) is 6.26 Å². The Balaban J connectivity index is 3.10. The molecule has 1 N–H and O–H groups in total. The molecule has 5 heteroatoms. The highest BCUT2D eigenvalue weighted by molar-refractivity contribution is 7.91. The van der Waals surface area contributed by atoms with E-state index in [2.05, 4.69) is 0 Å². The molecule has 0 spiro atoms. The van der Waals surface area contributed by atoms with Crippen molar-refractivity contribution in [1.82, 2.24) is 0 Å². The molecule has 1 rings (SSSR count). The number of sulfone groups is 1. The Hall–Kier alpha value is -0.940. The summed E-state index contributed by atoms with van der Waals surface area (Å²) < 4.78 is 36.2. The third-order valence-corrected chi connectivity index (χ3v) is 4.22. The van der Waals surface area contributed by atoms with Crippen LogP contribution in [0.5, 0.6) is 0 Å². The van der Waals surface area contributed by atoms with E-state index in [9.17, 15) is 17.9 Å². The second-order valence-corrected chi connectivity index (χ2v) is 6.01. The third-order valence-electron chi connectivity index (χ3n) is 2.53. The zero-order valence-corrected chi connectivity index (χ0v) is 10.0. The standard InChI is InChI=1S/C11H15FO3S/c1-3-10(16(2,14)15)11(13)8-6-4-5-7-9(8)12/h4-7,10-11,13H,3H2,1-2H3. The monoisotopic (exact) mass is 246 g/mol. The van der Waals surface area contributed by atoms with Crippen molar-refractivity contribution >= 4 is 9.84 Å². The fourth-order valence-electron chi connectivity index (χ4n) is 1.68. The first-order chi connectivity index (χ1) is 7.38. The molecule has 16 heavy (non-hydrogen) atoms. The summed E-state index contributed by atoms with van der Waals surface area (Å²) >= 11 is 0. The molecule has 0 aliphatic heterocycles. The van der Waals surface area contributed by atoms with Crippen molar-refractivity contribution < 1.29 is 17.9 Å². The number of halogens is 1. The van der Waals surface area contributed by atoms with Gasteiger partial charge in [0.2, 0.25) is 0 Å². The van der Waals surface area contributed by atoms with E-state index in [1.54, 1.807) is 13.0 Å². The van der Waals surface area contributed by atoms with Crippen LogP contribution < -0.4 is 0 Å². The van der Waals surface area contributed by atoms with Crippen molar-refractivity contribution in [2.24, 2.45) is 0 Å². The van der Waals surface area contributed by atoms with Gasteiger partial charge in [-0.25, -0.2) is 12.8 Å². The molecule has 0 saturated carbocycles. The van der Waals surface area contributed by atoms with Crippen molar-refractivity contribution in [1.29, 1.82) is 0 Å². The van der Waals surface area contributed by atoms with Gasteiger partial charge >= 0.3 is 0 Å². The Morgan fingerprint density at radius 2 is 1.94 bits per heavy atom. The molecule has 1 aromatic rings. The van der Waals surface area contributed by atoms with Gasteiger partial charge in [-0.15, -0.1) is 0 Å². The molecule has 1 aromatic carbocycles. The molecule has 3 nitrogen and oxygen atoms in total. The van der Waals surface area contributed by atoms with Gasteiger partial charge in [-0.1, -0.05) is 25.1 Å². The van der Waals surface area contributed by atoms with Gasteiger partial charge in [-0.05, 0) is 12.5 Å². The highest BCUT2D eigenvalue weighted by Crippen LogP contribution is 2.25. The molecule has 2 atom stereocenters. The average molecular weight is 246 g/mol. The largest absolute Gasteiger partial charge is 0.387 e. The van der Waals surface area contributed by atoms with Gasteiger partial charge < -0.3 is 5.11 Å². The minimum absolute atomic E-state index is 0.0276. The molecule has 0 saturated heterocycles. The summed E-state index contributed by atoms with van der Waals surface area (Å²) in [6, 6.07) is 5.66. The van der Waals surface area contributed by atoms with Crippen molar-refractivity contribution in [2.45, 2.75) is 24.7 Å². The first-order valence-electron chi connectivity index (χ1n) is 4.99. The Morgan fingerprint density at radius 3 is 2.38 bits per heavy atom. The number of hydrogen-bond donors (Lipinski definition) is 1. The van der Waals surface area contributed by atoms with E-state index >= 15 is 0 Å². The Labute approximate surface area is 94.8 Å². The summed E-state index contributed by atoms with van der Waals surface area (Å²) in [5.74, 6) is -0.586. The lowest BCUT2D eigenvalue weighted by molar-refractivity contribution is 0.164. The highest BCUT2D eigenvalue weighted by Gasteiger charge is 2.29. The van der Waals surface area contributed by atoms with E-state index in [0.29, 0.717) is 0 Å². The average Bonchev–Trinajstić information content (AvgIpc) is 2.17. The molecule has 90 valence electrons. The van der Waals surface area contributed by atoms with E-state index in [4.69, 9.17) is 0 Å². The molecular formula is C11H15FO3S. The minimum Gasteiger partial charge on any atom is -0.387 e. The van der Waals surface area contributed by atoms with E-state index in [1.807, 2.05) is 0 Å². The number of aliphatic hydroxyl groups excluding tert-OH is 1. The molecule has 0 heterocycles. The molecule has 0 aliphatic rings. The summed E-state index contributed by atoms with van der Waals surface area (Å²) in [6.07, 6.45) is -0.0271. The maximum atomic E-state index is 13.4. The van der Waals surface area contributed by atoms with Crippen LogP contribution in [0.1, 0.15) is 25.0 Å². The lowest BCUT2D eigenvalue weighted by atomic mass is 10.0. The Morgan fingerprint density at radius 1 is 1.38 bits per heavy atom. The number of aliphatic hydroxyl groups is 1. The SMILES string of the molecule is CCC(C(O)c1ccccc1F)S(C)(=O)=O. The zero-order chi connectivity index (χ0) is 12.3. The second-order valence-electron chi connectivity index (χ2n) is 3.74. The lowest BCUT2D eigenvalue weighted by Crippen LogP contribution is -2.27. The summed E-state index contributed by atoms with van der Waals surface area (Å²) in [7, 11) is -3.40. The lowest BCUT2D eigenvalue weighted by Gasteiger charge is -2.20. The van der Waals surface area contributed by atoms with Crippen LogP contribution in [0.3, 0.4) is 0 Å². The Kier molecular flexibility index (Phi) is 4.04. The molecular weight excluding hydrogens is 231 g/mol. The summed E-state index contributed by atoms with van der Waals surface area (Å²) in [5.41, 5.74) is 0.0276. The minimum atomic E-state index is -3.40. The van der Waals surface area contributed by atoms with Gasteiger partial charge in [0.25, 0.3) is 0 Å². The smallest absolute Gasteiger partial charge is 0.153 e. The van der Waals surface area contributed by atoms with Gasteiger partial charge in [0.1, 0.15) is 5.82 Å². The predicted molar refractivity (Wildman–Crippen MR) is 60.3 cm³/mol. The van der Waals surface area contributed by atoms with Crippen LogP contribution >= 0.6 is 0 Å². The van der Waals surface area contributed by atoms with Crippen LogP contribution in [0, 0.1) is 5.82 Å². The number of hydrogen-bond acceptors (Lipinski definition) is 3. The van der Waals surface area contributed by atoms with E-state index in [-0.39, 0.29) is 12.0 Å². The van der Waals surface area contributed by atoms with Crippen molar-refractivity contribution in [3.63, 3.8) is 0 Å². The van der Waals surface area contributed by atoms with Crippen molar-refractivity contribution in [3.05, 3.63) is 35.6 Å². The van der Waals surface area contributed by atoms with E-state index in [1.165, 1.54) is 18.2 Å². The van der Waals surface area contributed by atoms with Gasteiger partial charge in [0.05, 0.1) is 11.4 Å². The van der Waals surface area contributed by atoms with Crippen LogP contribution in [0.25, 0.3) is 0 Å². The van der Waals surface area contributed by atoms with Crippen molar-refractivity contribution in [2.75, 3.05) is 6.26 Å². The highest BCUT2D eigenvalue weighted by atomic mass is 32.2. The third kappa shape index (κ3) is 2.80. The maximum Gasteiger partial charge on any atom is 0.153 e. The molecule has 0 aromatic heterocycles. The van der Waals surface area contributed by atoms with Crippen LogP contribution in [-0.4, -0.2) is 25.0 Å². The number of benzene rings is 1. The molecule has 0 fully saturated rings. The topological polar surface area (TPSA) is 54.4 Å². The van der Waals surface area contributed by atoms with Gasteiger partial charge in [0.15, 0.2) is 9.84 Å². The van der Waals surface area contributed by atoms with Gasteiger partial charge in [-0.3, -0.25) is 0 Å². The fourth-order valence-corrected chi connectivity index (χ4v) is 2.90. The second kappa shape index (κ2) is 4.93. The normalized spacial score (nSPS) is 15.8. The molecule has 0 bridgehead atoms. The van der Waals surface area contributed by atoms with Crippen molar-refractivity contribution in [3.8, 4) is 0 Å². The van der Waals surface area contributed by atoms with Crippen LogP contribution in [0.15, 0.2) is 24.3 Å². The molecule has 2 unspecified atom stereocenters. The molecule has 0 amide bonds. The van der Waals surface area contributed by atoms with Gasteiger partial charge in [-0.2, -0.15) is 0 Å². The van der Waals surface area contributed by atoms with Crippen LogP contribution in [-0.2, 0) is 9.84 Å². The van der Waals surface area contributed by atoms with Crippen LogP contribution in [0.2, 0.25) is 0 Å². The fraction of sp³-hybridized carbons (Fsp3) is 0.455. The van der Waals surface area contributed by atoms with Crippen LogP contribution in [0.4, 0.5) is 4.39 Å². The Bertz CT molecular complexity index is 456. The zero-order valence-electron chi connectivity index (χ0n) is 9.22. The molecule has 0 aliphatic carbocycles. The summed E-state index contributed by atoms with van der Waals surface area (Å²) in [6.45, 7) is 1.65. The number of rotatable bonds is 4. The summed E-state index contributed by atoms with van der Waals surface area (Å²) in [4.78, 5) is 0. The summed E-state index contributed by atoms with van der Waals surface area (Å²) in [5, 5.41) is 8.91. The predicted octanol–water partition coefficient (Wildman–Crippen LogP) is 1.68. The van der Waals surface area contributed by atoms with Gasteiger partial charge in [0, 0.05) is 11.8 Å². The van der Waals surface area contributed by atoms with E-state index < -0.39 is 27.0 Å².